The second-order valence-corrected chi connectivity index (χ2v) is 7.00. The molecule has 140 valence electrons. The molecule has 6 nitrogen and oxygen atoms in total. The van der Waals surface area contributed by atoms with Gasteiger partial charge in [0.25, 0.3) is 0 Å². The highest BCUT2D eigenvalue weighted by molar-refractivity contribution is 5.51. The van der Waals surface area contributed by atoms with Gasteiger partial charge in [-0.15, -0.1) is 0 Å². The second-order valence-electron chi connectivity index (χ2n) is 7.00. The second kappa shape index (κ2) is 8.25. The number of methoxy groups -OCH3 is 2. The summed E-state index contributed by atoms with van der Waals surface area (Å²) >= 11 is 0. The SMILES string of the molecule is COc1cc2c(cc1OC)CN(c1nccc(NCCC(C)C)n1)CC2. The van der Waals surface area contributed by atoms with Gasteiger partial charge in [-0.2, -0.15) is 4.98 Å². The zero-order valence-corrected chi connectivity index (χ0v) is 16.1. The maximum Gasteiger partial charge on any atom is 0.227 e. The Labute approximate surface area is 155 Å². The first-order valence-electron chi connectivity index (χ1n) is 9.16. The summed E-state index contributed by atoms with van der Waals surface area (Å²) in [5, 5.41) is 3.39. The summed E-state index contributed by atoms with van der Waals surface area (Å²) < 4.78 is 10.9. The Hall–Kier alpha value is -2.50. The smallest absolute Gasteiger partial charge is 0.227 e. The van der Waals surface area contributed by atoms with E-state index in [-0.39, 0.29) is 0 Å². The van der Waals surface area contributed by atoms with Crippen molar-refractivity contribution < 1.29 is 9.47 Å². The van der Waals surface area contributed by atoms with E-state index >= 15 is 0 Å². The maximum absolute atomic E-state index is 5.44. The van der Waals surface area contributed by atoms with Crippen molar-refractivity contribution in [2.45, 2.75) is 33.2 Å². The summed E-state index contributed by atoms with van der Waals surface area (Å²) in [6.45, 7) is 7.03. The van der Waals surface area contributed by atoms with E-state index in [1.807, 2.05) is 12.3 Å². The zero-order chi connectivity index (χ0) is 18.5. The van der Waals surface area contributed by atoms with Crippen LogP contribution in [0.4, 0.5) is 11.8 Å². The molecule has 1 aliphatic heterocycles. The molecule has 0 aliphatic carbocycles. The molecular weight excluding hydrogens is 328 g/mol. The number of anilines is 2. The number of benzene rings is 1. The van der Waals surface area contributed by atoms with Crippen LogP contribution in [0.15, 0.2) is 24.4 Å². The lowest BCUT2D eigenvalue weighted by Gasteiger charge is -2.29. The van der Waals surface area contributed by atoms with Crippen molar-refractivity contribution in [2.24, 2.45) is 5.92 Å². The van der Waals surface area contributed by atoms with Crippen molar-refractivity contribution in [1.82, 2.24) is 9.97 Å². The van der Waals surface area contributed by atoms with Gasteiger partial charge < -0.3 is 19.7 Å². The van der Waals surface area contributed by atoms with E-state index in [0.717, 1.165) is 55.7 Å². The minimum absolute atomic E-state index is 0.675. The lowest BCUT2D eigenvalue weighted by molar-refractivity contribution is 0.353. The molecule has 26 heavy (non-hydrogen) atoms. The van der Waals surface area contributed by atoms with Crippen molar-refractivity contribution in [3.05, 3.63) is 35.5 Å². The van der Waals surface area contributed by atoms with Crippen LogP contribution in [0.25, 0.3) is 0 Å². The van der Waals surface area contributed by atoms with Crippen LogP contribution in [0.5, 0.6) is 11.5 Å². The van der Waals surface area contributed by atoms with Gasteiger partial charge in [0, 0.05) is 25.8 Å². The summed E-state index contributed by atoms with van der Waals surface area (Å²) in [5.41, 5.74) is 2.53. The third kappa shape index (κ3) is 4.18. The van der Waals surface area contributed by atoms with E-state index in [1.54, 1.807) is 14.2 Å². The minimum atomic E-state index is 0.675. The highest BCUT2D eigenvalue weighted by atomic mass is 16.5. The standard InChI is InChI=1S/C20H28N4O2/c1-14(2)5-8-21-19-6-9-22-20(23-19)24-10-7-15-11-17(25-3)18(26-4)12-16(15)13-24/h6,9,11-12,14H,5,7-8,10,13H2,1-4H3,(H,21,22,23). The molecule has 1 N–H and O–H groups in total. The third-order valence-electron chi connectivity index (χ3n) is 4.67. The maximum atomic E-state index is 5.44. The quantitative estimate of drug-likeness (QED) is 0.819. The van der Waals surface area contributed by atoms with E-state index < -0.39 is 0 Å². The third-order valence-corrected chi connectivity index (χ3v) is 4.67. The predicted octanol–water partition coefficient (Wildman–Crippen LogP) is 3.51. The molecule has 0 saturated heterocycles. The first kappa shape index (κ1) is 18.3. The molecule has 2 heterocycles. The summed E-state index contributed by atoms with van der Waals surface area (Å²) in [4.78, 5) is 11.4. The molecule has 1 aromatic heterocycles. The van der Waals surface area contributed by atoms with Crippen molar-refractivity contribution >= 4 is 11.8 Å². The molecule has 3 rings (SSSR count). The summed E-state index contributed by atoms with van der Waals surface area (Å²) in [5.74, 6) is 3.87. The van der Waals surface area contributed by atoms with Gasteiger partial charge in [-0.3, -0.25) is 0 Å². The predicted molar refractivity (Wildman–Crippen MR) is 104 cm³/mol. The lowest BCUT2D eigenvalue weighted by Crippen LogP contribution is -2.32. The average molecular weight is 356 g/mol. The molecule has 1 aromatic carbocycles. The van der Waals surface area contributed by atoms with Crippen LogP contribution < -0.4 is 19.7 Å². The van der Waals surface area contributed by atoms with Crippen molar-refractivity contribution in [3.8, 4) is 11.5 Å². The normalized spacial score (nSPS) is 13.5. The van der Waals surface area contributed by atoms with Crippen LogP contribution in [0.3, 0.4) is 0 Å². The Morgan fingerprint density at radius 1 is 1.15 bits per heavy atom. The topological polar surface area (TPSA) is 59.5 Å². The van der Waals surface area contributed by atoms with Gasteiger partial charge >= 0.3 is 0 Å². The van der Waals surface area contributed by atoms with Crippen LogP contribution in [0, 0.1) is 5.92 Å². The highest BCUT2D eigenvalue weighted by Gasteiger charge is 2.21. The fourth-order valence-electron chi connectivity index (χ4n) is 3.14. The van der Waals surface area contributed by atoms with E-state index in [4.69, 9.17) is 14.5 Å². The van der Waals surface area contributed by atoms with Crippen LogP contribution in [-0.2, 0) is 13.0 Å². The van der Waals surface area contributed by atoms with E-state index in [2.05, 4.69) is 41.2 Å². The van der Waals surface area contributed by atoms with E-state index in [0.29, 0.717) is 5.92 Å². The molecular formula is C20H28N4O2. The summed E-state index contributed by atoms with van der Waals surface area (Å²) in [6.07, 6.45) is 3.88. The van der Waals surface area contributed by atoms with Gasteiger partial charge in [0.05, 0.1) is 14.2 Å². The number of nitrogens with one attached hydrogen (secondary N) is 1. The molecule has 0 bridgehead atoms. The Morgan fingerprint density at radius 3 is 2.58 bits per heavy atom. The van der Waals surface area contributed by atoms with Crippen LogP contribution >= 0.6 is 0 Å². The number of hydrogen-bond acceptors (Lipinski definition) is 6. The van der Waals surface area contributed by atoms with Crippen molar-refractivity contribution in [1.29, 1.82) is 0 Å². The number of hydrogen-bond donors (Lipinski definition) is 1. The number of nitrogens with zero attached hydrogens (tertiary/aromatic N) is 3. The number of rotatable bonds is 7. The summed E-state index contributed by atoms with van der Waals surface area (Å²) in [6, 6.07) is 6.07. The Morgan fingerprint density at radius 2 is 1.88 bits per heavy atom. The molecule has 0 radical (unpaired) electrons. The Kier molecular flexibility index (Phi) is 5.81. The largest absolute Gasteiger partial charge is 0.493 e. The molecule has 0 fully saturated rings. The fraction of sp³-hybridized carbons (Fsp3) is 0.500. The first-order valence-corrected chi connectivity index (χ1v) is 9.16. The molecule has 0 atom stereocenters. The van der Waals surface area contributed by atoms with Crippen molar-refractivity contribution in [2.75, 3.05) is 37.5 Å². The molecule has 0 saturated carbocycles. The molecule has 2 aromatic rings. The van der Waals surface area contributed by atoms with E-state index in [1.165, 1.54) is 11.1 Å². The van der Waals surface area contributed by atoms with E-state index in [9.17, 15) is 0 Å². The van der Waals surface area contributed by atoms with Crippen LogP contribution in [0.1, 0.15) is 31.4 Å². The van der Waals surface area contributed by atoms with Crippen molar-refractivity contribution in [3.63, 3.8) is 0 Å². The molecule has 0 amide bonds. The molecule has 0 spiro atoms. The lowest BCUT2D eigenvalue weighted by atomic mass is 9.99. The van der Waals surface area contributed by atoms with Gasteiger partial charge in [-0.1, -0.05) is 13.8 Å². The molecule has 1 aliphatic rings. The Balaban J connectivity index is 1.74. The average Bonchev–Trinajstić information content (AvgIpc) is 2.66. The zero-order valence-electron chi connectivity index (χ0n) is 16.1. The highest BCUT2D eigenvalue weighted by Crippen LogP contribution is 2.33. The van der Waals surface area contributed by atoms with Gasteiger partial charge in [0.15, 0.2) is 11.5 Å². The van der Waals surface area contributed by atoms with Gasteiger partial charge in [0.2, 0.25) is 5.95 Å². The number of fused-ring (bicyclic) bond motifs is 1. The fourth-order valence-corrected chi connectivity index (χ4v) is 3.14. The van der Waals surface area contributed by atoms with Crippen LogP contribution in [0.2, 0.25) is 0 Å². The van der Waals surface area contributed by atoms with Gasteiger partial charge in [-0.25, -0.2) is 4.98 Å². The molecule has 6 heteroatoms. The number of aromatic nitrogens is 2. The molecule has 0 unspecified atom stereocenters. The minimum Gasteiger partial charge on any atom is -0.493 e. The summed E-state index contributed by atoms with van der Waals surface area (Å²) in [7, 11) is 3.34. The van der Waals surface area contributed by atoms with Gasteiger partial charge in [0.1, 0.15) is 5.82 Å². The van der Waals surface area contributed by atoms with Gasteiger partial charge in [-0.05, 0) is 48.1 Å². The first-order chi connectivity index (χ1) is 12.6. The number of ether oxygens (including phenoxy) is 2. The Bertz CT molecular complexity index is 749. The van der Waals surface area contributed by atoms with Crippen LogP contribution in [-0.4, -0.2) is 37.3 Å². The monoisotopic (exact) mass is 356 g/mol.